The smallest absolute Gasteiger partial charge is 0.257 e. The van der Waals surface area contributed by atoms with Gasteiger partial charge in [0.2, 0.25) is 3.79 Å². The van der Waals surface area contributed by atoms with Gasteiger partial charge in [-0.25, -0.2) is 0 Å². The molecular weight excluding hydrogens is 595 g/mol. The van der Waals surface area contributed by atoms with Crippen molar-refractivity contribution in [3.63, 3.8) is 0 Å². The van der Waals surface area contributed by atoms with E-state index in [4.69, 9.17) is 51.1 Å². The molecule has 0 bridgehead atoms. The van der Waals surface area contributed by atoms with Crippen LogP contribution in [0.1, 0.15) is 10.4 Å². The van der Waals surface area contributed by atoms with Gasteiger partial charge < -0.3 is 10.1 Å². The van der Waals surface area contributed by atoms with Crippen molar-refractivity contribution in [3.05, 3.63) is 121 Å². The topological polar surface area (TPSA) is 55.4 Å². The molecule has 4 rings (SSSR count). The molecule has 0 radical (unpaired) electrons. The molecule has 4 aromatic carbocycles. The Labute approximate surface area is 247 Å². The molecule has 0 fully saturated rings. The number of hydrogen-bond donors (Lipinski definition) is 1. The van der Waals surface area contributed by atoms with Crippen LogP contribution in [0.4, 0.5) is 0 Å². The molecule has 1 atom stereocenters. The SMILES string of the molecule is COc1ccc(C(=O)C(C(=O)NC(Cl)C(Cl)(Cl)Cl)=P(c2ccccc2)(c2ccccc2)c2ccccc2)cc1. The van der Waals surface area contributed by atoms with Crippen molar-refractivity contribution in [1.82, 2.24) is 5.32 Å². The molecule has 0 heterocycles. The summed E-state index contributed by atoms with van der Waals surface area (Å²) in [5.41, 5.74) is -1.11. The minimum absolute atomic E-state index is 0.00355. The Kier molecular flexibility index (Phi) is 9.48. The van der Waals surface area contributed by atoms with Gasteiger partial charge >= 0.3 is 0 Å². The second-order valence-electron chi connectivity index (χ2n) is 8.46. The zero-order valence-electron chi connectivity index (χ0n) is 20.7. The highest BCUT2D eigenvalue weighted by molar-refractivity contribution is 7.97. The van der Waals surface area contributed by atoms with E-state index in [1.807, 2.05) is 91.0 Å². The normalized spacial score (nSPS) is 12.3. The summed E-state index contributed by atoms with van der Waals surface area (Å²) in [5.74, 6) is -0.634. The van der Waals surface area contributed by atoms with Gasteiger partial charge in [0.25, 0.3) is 5.91 Å². The first-order chi connectivity index (χ1) is 18.7. The maximum Gasteiger partial charge on any atom is 0.257 e. The standard InChI is InChI=1S/C30H24Cl4NO3P/c1-38-22-19-17-21(18-20-22)26(36)27(28(37)35-29(31)30(32,33)34)39(23-11-5-2-6-12-23,24-13-7-3-8-14-24)25-15-9-4-10-16-25/h2-20,29H,1H3,(H,35,37). The molecule has 9 heteroatoms. The summed E-state index contributed by atoms with van der Waals surface area (Å²) in [4.78, 5) is 28.8. The van der Waals surface area contributed by atoms with Gasteiger partial charge in [-0.05, 0) is 47.1 Å². The zero-order chi connectivity index (χ0) is 28.0. The summed E-state index contributed by atoms with van der Waals surface area (Å²) >= 11 is 24.4. The van der Waals surface area contributed by atoms with E-state index in [0.29, 0.717) is 11.3 Å². The minimum atomic E-state index is -3.13. The lowest BCUT2D eigenvalue weighted by molar-refractivity contribution is -0.114. The van der Waals surface area contributed by atoms with Crippen LogP contribution in [0, 0.1) is 0 Å². The molecule has 0 aliphatic carbocycles. The van der Waals surface area contributed by atoms with Crippen molar-refractivity contribution in [1.29, 1.82) is 0 Å². The molecule has 4 aromatic rings. The molecule has 39 heavy (non-hydrogen) atoms. The molecule has 0 saturated heterocycles. The number of carbonyl (C=O) groups is 2. The van der Waals surface area contributed by atoms with E-state index in [1.54, 1.807) is 24.3 Å². The predicted octanol–water partition coefficient (Wildman–Crippen LogP) is 6.10. The van der Waals surface area contributed by atoms with Gasteiger partial charge in [0.1, 0.15) is 5.75 Å². The van der Waals surface area contributed by atoms with Crippen LogP contribution in [0.25, 0.3) is 0 Å². The number of rotatable bonds is 8. The van der Waals surface area contributed by atoms with Gasteiger partial charge in [-0.15, -0.1) is 0 Å². The Hall–Kier alpha value is -2.72. The number of hydrogen-bond acceptors (Lipinski definition) is 3. The van der Waals surface area contributed by atoms with Crippen molar-refractivity contribution < 1.29 is 14.3 Å². The summed E-state index contributed by atoms with van der Waals surface area (Å²) in [7, 11) is 1.54. The Balaban J connectivity index is 2.19. The van der Waals surface area contributed by atoms with Crippen LogP contribution in [0.5, 0.6) is 5.75 Å². The van der Waals surface area contributed by atoms with Gasteiger partial charge in [0, 0.05) is 5.56 Å². The van der Waals surface area contributed by atoms with E-state index in [1.165, 1.54) is 7.11 Å². The van der Waals surface area contributed by atoms with E-state index in [2.05, 4.69) is 5.32 Å². The van der Waals surface area contributed by atoms with Crippen molar-refractivity contribution in [2.75, 3.05) is 7.11 Å². The highest BCUT2D eigenvalue weighted by atomic mass is 35.6. The summed E-state index contributed by atoms with van der Waals surface area (Å²) in [6, 6.07) is 35.1. The number of nitrogens with one attached hydrogen (secondary N) is 1. The van der Waals surface area contributed by atoms with E-state index >= 15 is 0 Å². The fraction of sp³-hybridized carbons (Fsp3) is 0.100. The van der Waals surface area contributed by atoms with Gasteiger partial charge in [0.05, 0.1) is 12.4 Å². The maximum atomic E-state index is 14.5. The van der Waals surface area contributed by atoms with Gasteiger partial charge in [0.15, 0.2) is 11.3 Å². The average Bonchev–Trinajstić information content (AvgIpc) is 2.96. The highest BCUT2D eigenvalue weighted by Crippen LogP contribution is 2.47. The van der Waals surface area contributed by atoms with Crippen LogP contribution in [0.2, 0.25) is 0 Å². The van der Waals surface area contributed by atoms with Crippen LogP contribution >= 0.6 is 53.3 Å². The first-order valence-corrected chi connectivity index (χ1v) is 15.2. The summed E-state index contributed by atoms with van der Waals surface area (Å²) in [5, 5.41) is 4.98. The molecule has 0 saturated carbocycles. The Morgan fingerprint density at radius 2 is 1.13 bits per heavy atom. The van der Waals surface area contributed by atoms with Crippen LogP contribution in [0.3, 0.4) is 0 Å². The van der Waals surface area contributed by atoms with Gasteiger partial charge in [-0.3, -0.25) is 9.59 Å². The van der Waals surface area contributed by atoms with Crippen molar-refractivity contribution in [2.24, 2.45) is 0 Å². The lowest BCUT2D eigenvalue weighted by atomic mass is 10.1. The van der Waals surface area contributed by atoms with Crippen LogP contribution < -0.4 is 26.0 Å². The van der Waals surface area contributed by atoms with E-state index in [9.17, 15) is 9.59 Å². The predicted molar refractivity (Wildman–Crippen MR) is 166 cm³/mol. The number of benzene rings is 4. The van der Waals surface area contributed by atoms with E-state index in [0.717, 1.165) is 15.9 Å². The molecule has 0 spiro atoms. The van der Waals surface area contributed by atoms with Gasteiger partial charge in [-0.2, -0.15) is 0 Å². The second kappa shape index (κ2) is 12.6. The maximum absolute atomic E-state index is 14.5. The summed E-state index contributed by atoms with van der Waals surface area (Å²) < 4.78 is 3.26. The van der Waals surface area contributed by atoms with Crippen LogP contribution in [-0.4, -0.2) is 33.4 Å². The lowest BCUT2D eigenvalue weighted by Gasteiger charge is -2.32. The lowest BCUT2D eigenvalue weighted by Crippen LogP contribution is -2.48. The Morgan fingerprint density at radius 3 is 1.49 bits per heavy atom. The third-order valence-electron chi connectivity index (χ3n) is 6.09. The van der Waals surface area contributed by atoms with Crippen molar-refractivity contribution in [2.45, 2.75) is 9.29 Å². The van der Waals surface area contributed by atoms with Crippen LogP contribution in [0.15, 0.2) is 115 Å². The molecule has 200 valence electrons. The molecular formula is C30H24Cl4NO3P. The largest absolute Gasteiger partial charge is 0.497 e. The number of methoxy groups -OCH3 is 1. The zero-order valence-corrected chi connectivity index (χ0v) is 24.6. The quantitative estimate of drug-likeness (QED) is 0.0854. The highest BCUT2D eigenvalue weighted by Gasteiger charge is 2.40. The number of ether oxygens (including phenoxy) is 1. The first-order valence-electron chi connectivity index (χ1n) is 11.8. The molecule has 0 aliphatic heterocycles. The molecule has 4 nitrogen and oxygen atoms in total. The van der Waals surface area contributed by atoms with Gasteiger partial charge in [-0.1, -0.05) is 137 Å². The summed E-state index contributed by atoms with van der Waals surface area (Å²) in [6.45, 7) is -3.13. The number of ketones is 1. The fourth-order valence-electron chi connectivity index (χ4n) is 4.34. The number of Topliss-reactive ketones (excluding diaryl/α,β-unsaturated/α-hetero) is 1. The first kappa shape index (κ1) is 29.3. The average molecular weight is 619 g/mol. The fourth-order valence-corrected chi connectivity index (χ4v) is 8.93. The molecule has 0 aliphatic rings. The van der Waals surface area contributed by atoms with E-state index in [-0.39, 0.29) is 5.29 Å². The third kappa shape index (κ3) is 6.22. The molecule has 0 aromatic heterocycles. The van der Waals surface area contributed by atoms with E-state index < -0.39 is 27.9 Å². The molecule has 1 N–H and O–H groups in total. The summed E-state index contributed by atoms with van der Waals surface area (Å²) in [6.07, 6.45) is 0. The molecule has 1 unspecified atom stereocenters. The minimum Gasteiger partial charge on any atom is -0.497 e. The Bertz CT molecular complexity index is 1390. The monoisotopic (exact) mass is 617 g/mol. The number of amides is 1. The van der Waals surface area contributed by atoms with Crippen molar-refractivity contribution in [3.8, 4) is 5.75 Å². The van der Waals surface area contributed by atoms with Crippen molar-refractivity contribution >= 4 is 86.2 Å². The second-order valence-corrected chi connectivity index (χ2v) is 14.6. The number of alkyl halides is 4. The molecule has 1 amide bonds. The third-order valence-corrected chi connectivity index (χ3v) is 11.8. The van der Waals surface area contributed by atoms with Crippen LogP contribution in [-0.2, 0) is 4.79 Å². The number of carbonyl (C=O) groups excluding carboxylic acids is 2. The number of halogens is 4. The Morgan fingerprint density at radius 1 is 0.718 bits per heavy atom.